The maximum Gasteiger partial charge on any atom is 0.409 e. The van der Waals surface area contributed by atoms with Crippen LogP contribution in [0.25, 0.3) is 11.1 Å². The van der Waals surface area contributed by atoms with Gasteiger partial charge in [-0.3, -0.25) is 4.99 Å². The summed E-state index contributed by atoms with van der Waals surface area (Å²) < 4.78 is 11.1. The fraction of sp³-hybridized carbons (Fsp3) is 0.417. The van der Waals surface area contributed by atoms with Gasteiger partial charge in [0.05, 0.1) is 13.2 Å². The van der Waals surface area contributed by atoms with Crippen molar-refractivity contribution >= 4 is 12.1 Å². The molecular formula is C24H32N4O3. The third kappa shape index (κ3) is 6.64. The lowest BCUT2D eigenvalue weighted by Gasteiger charge is -2.32. The number of carbonyl (C=O) groups excluding carboxylic acids is 1. The molecule has 0 aromatic heterocycles. The standard InChI is InChI=1S/C24H32N4O3/c1-3-30-24(29)28-16-13-20(14-17-28)27-23(25-2)26-15-18-31-22-12-8-7-11-21(22)19-9-5-4-6-10-19/h4-12,20H,3,13-18H2,1-2H3,(H2,25,26,27). The fourth-order valence-corrected chi connectivity index (χ4v) is 3.59. The van der Waals surface area contributed by atoms with Gasteiger partial charge < -0.3 is 25.0 Å². The van der Waals surface area contributed by atoms with E-state index >= 15 is 0 Å². The SMILES string of the molecule is CCOC(=O)N1CCC(NC(=NC)NCCOc2ccccc2-c2ccccc2)CC1. The zero-order valence-corrected chi connectivity index (χ0v) is 18.3. The second kappa shape index (κ2) is 11.8. The smallest absolute Gasteiger partial charge is 0.409 e. The Kier molecular flexibility index (Phi) is 8.58. The number of benzene rings is 2. The van der Waals surface area contributed by atoms with E-state index in [1.54, 1.807) is 11.9 Å². The van der Waals surface area contributed by atoms with Crippen molar-refractivity contribution in [2.75, 3.05) is 39.9 Å². The second-order valence-corrected chi connectivity index (χ2v) is 7.31. The van der Waals surface area contributed by atoms with E-state index < -0.39 is 0 Å². The number of hydrogen-bond acceptors (Lipinski definition) is 4. The van der Waals surface area contributed by atoms with Gasteiger partial charge in [-0.15, -0.1) is 0 Å². The van der Waals surface area contributed by atoms with Crippen molar-refractivity contribution in [1.29, 1.82) is 0 Å². The molecule has 7 heteroatoms. The first kappa shape index (κ1) is 22.5. The van der Waals surface area contributed by atoms with Crippen LogP contribution >= 0.6 is 0 Å². The third-order valence-electron chi connectivity index (χ3n) is 5.21. The summed E-state index contributed by atoms with van der Waals surface area (Å²) >= 11 is 0. The van der Waals surface area contributed by atoms with Crippen LogP contribution in [0.1, 0.15) is 19.8 Å². The first-order valence-electron chi connectivity index (χ1n) is 10.9. The Hall–Kier alpha value is -3.22. The zero-order valence-electron chi connectivity index (χ0n) is 18.3. The summed E-state index contributed by atoms with van der Waals surface area (Å²) in [5.74, 6) is 1.61. The van der Waals surface area contributed by atoms with Gasteiger partial charge in [-0.25, -0.2) is 4.79 Å². The number of amides is 1. The predicted octanol–water partition coefficient (Wildman–Crippen LogP) is 3.52. The lowest BCUT2D eigenvalue weighted by atomic mass is 10.1. The number of carbonyl (C=O) groups is 1. The van der Waals surface area contributed by atoms with Crippen molar-refractivity contribution < 1.29 is 14.3 Å². The molecule has 0 atom stereocenters. The molecule has 1 heterocycles. The fourth-order valence-electron chi connectivity index (χ4n) is 3.59. The minimum absolute atomic E-state index is 0.226. The Morgan fingerprint density at radius 3 is 2.52 bits per heavy atom. The molecule has 0 radical (unpaired) electrons. The average Bonchev–Trinajstić information content (AvgIpc) is 2.82. The van der Waals surface area contributed by atoms with E-state index in [-0.39, 0.29) is 12.1 Å². The van der Waals surface area contributed by atoms with Crippen LogP contribution in [0.5, 0.6) is 5.75 Å². The quantitative estimate of drug-likeness (QED) is 0.404. The molecule has 31 heavy (non-hydrogen) atoms. The van der Waals surface area contributed by atoms with E-state index in [0.29, 0.717) is 32.8 Å². The molecule has 0 saturated carbocycles. The number of aliphatic imine (C=N–C) groups is 1. The number of para-hydroxylation sites is 1. The van der Waals surface area contributed by atoms with E-state index in [1.165, 1.54) is 0 Å². The lowest BCUT2D eigenvalue weighted by Crippen LogP contribution is -2.50. The average molecular weight is 425 g/mol. The molecule has 0 aliphatic carbocycles. The molecule has 166 valence electrons. The molecule has 0 bridgehead atoms. The van der Waals surface area contributed by atoms with Crippen LogP contribution in [-0.4, -0.2) is 62.9 Å². The van der Waals surface area contributed by atoms with Crippen LogP contribution in [0.3, 0.4) is 0 Å². The predicted molar refractivity (Wildman–Crippen MR) is 123 cm³/mol. The van der Waals surface area contributed by atoms with Gasteiger partial charge in [-0.2, -0.15) is 0 Å². The minimum Gasteiger partial charge on any atom is -0.491 e. The monoisotopic (exact) mass is 424 g/mol. The maximum atomic E-state index is 11.8. The maximum absolute atomic E-state index is 11.8. The van der Waals surface area contributed by atoms with Gasteiger partial charge in [-0.05, 0) is 31.4 Å². The highest BCUT2D eigenvalue weighted by molar-refractivity contribution is 5.80. The summed E-state index contributed by atoms with van der Waals surface area (Å²) in [7, 11) is 1.76. The summed E-state index contributed by atoms with van der Waals surface area (Å²) in [5, 5.41) is 6.75. The molecular weight excluding hydrogens is 392 g/mol. The molecule has 2 aromatic rings. The van der Waals surface area contributed by atoms with Crippen molar-refractivity contribution in [3.63, 3.8) is 0 Å². The minimum atomic E-state index is -0.226. The van der Waals surface area contributed by atoms with Gasteiger partial charge in [0.25, 0.3) is 0 Å². The Morgan fingerprint density at radius 2 is 1.81 bits per heavy atom. The van der Waals surface area contributed by atoms with Crippen molar-refractivity contribution in [2.24, 2.45) is 4.99 Å². The second-order valence-electron chi connectivity index (χ2n) is 7.31. The molecule has 1 saturated heterocycles. The molecule has 3 rings (SSSR count). The summed E-state index contributed by atoms with van der Waals surface area (Å²) in [6.45, 7) is 4.76. The van der Waals surface area contributed by atoms with E-state index in [1.807, 2.05) is 43.3 Å². The molecule has 1 fully saturated rings. The van der Waals surface area contributed by atoms with Gasteiger partial charge in [0, 0.05) is 31.7 Å². The summed E-state index contributed by atoms with van der Waals surface area (Å²) in [4.78, 5) is 17.9. The first-order valence-corrected chi connectivity index (χ1v) is 10.9. The highest BCUT2D eigenvalue weighted by Gasteiger charge is 2.24. The topological polar surface area (TPSA) is 75.2 Å². The van der Waals surface area contributed by atoms with Gasteiger partial charge in [-0.1, -0.05) is 48.5 Å². The van der Waals surface area contributed by atoms with Crippen LogP contribution in [0.15, 0.2) is 59.6 Å². The largest absolute Gasteiger partial charge is 0.491 e. The third-order valence-corrected chi connectivity index (χ3v) is 5.21. The molecule has 7 nitrogen and oxygen atoms in total. The number of likely N-dealkylation sites (tertiary alicyclic amines) is 1. The van der Waals surface area contributed by atoms with Crippen molar-refractivity contribution in [2.45, 2.75) is 25.8 Å². The summed E-state index contributed by atoms with van der Waals surface area (Å²) in [6, 6.07) is 18.6. The lowest BCUT2D eigenvalue weighted by molar-refractivity contribution is 0.0963. The van der Waals surface area contributed by atoms with Crippen LogP contribution < -0.4 is 15.4 Å². The van der Waals surface area contributed by atoms with E-state index in [9.17, 15) is 4.79 Å². The van der Waals surface area contributed by atoms with Gasteiger partial charge in [0.2, 0.25) is 0 Å². The van der Waals surface area contributed by atoms with E-state index in [4.69, 9.17) is 9.47 Å². The Bertz CT molecular complexity index is 849. The highest BCUT2D eigenvalue weighted by atomic mass is 16.6. The number of piperidine rings is 1. The van der Waals surface area contributed by atoms with Crippen molar-refractivity contribution in [1.82, 2.24) is 15.5 Å². The van der Waals surface area contributed by atoms with E-state index in [2.05, 4.69) is 33.8 Å². The molecule has 2 N–H and O–H groups in total. The first-order chi connectivity index (χ1) is 15.2. The van der Waals surface area contributed by atoms with Crippen LogP contribution in [0.2, 0.25) is 0 Å². The Morgan fingerprint density at radius 1 is 1.10 bits per heavy atom. The molecule has 0 unspecified atom stereocenters. The number of ether oxygens (including phenoxy) is 2. The number of hydrogen-bond donors (Lipinski definition) is 2. The number of guanidine groups is 1. The zero-order chi connectivity index (χ0) is 21.9. The number of rotatable bonds is 7. The van der Waals surface area contributed by atoms with Crippen LogP contribution in [0, 0.1) is 0 Å². The molecule has 0 spiro atoms. The van der Waals surface area contributed by atoms with Gasteiger partial charge in [0.15, 0.2) is 5.96 Å². The van der Waals surface area contributed by atoms with Gasteiger partial charge >= 0.3 is 6.09 Å². The normalized spacial score (nSPS) is 14.8. The summed E-state index contributed by atoms with van der Waals surface area (Å²) in [5.41, 5.74) is 2.22. The Balaban J connectivity index is 1.42. The highest BCUT2D eigenvalue weighted by Crippen LogP contribution is 2.29. The van der Waals surface area contributed by atoms with Crippen molar-refractivity contribution in [3.05, 3.63) is 54.6 Å². The van der Waals surface area contributed by atoms with Crippen LogP contribution in [0.4, 0.5) is 4.79 Å². The summed E-state index contributed by atoms with van der Waals surface area (Å²) in [6.07, 6.45) is 1.50. The molecule has 1 aliphatic heterocycles. The molecule has 1 amide bonds. The van der Waals surface area contributed by atoms with Crippen LogP contribution in [-0.2, 0) is 4.74 Å². The molecule has 2 aromatic carbocycles. The number of nitrogens with one attached hydrogen (secondary N) is 2. The molecule has 1 aliphatic rings. The van der Waals surface area contributed by atoms with E-state index in [0.717, 1.165) is 35.7 Å². The number of nitrogens with zero attached hydrogens (tertiary/aromatic N) is 2. The van der Waals surface area contributed by atoms with Gasteiger partial charge in [0.1, 0.15) is 12.4 Å². The van der Waals surface area contributed by atoms with Crippen molar-refractivity contribution in [3.8, 4) is 16.9 Å². The Labute approximate surface area is 184 Å².